The number of fused-ring (bicyclic) bond motifs is 3. The molecule has 1 aromatic heterocycles. The Bertz CT molecular complexity index is 476. The zero-order valence-corrected chi connectivity index (χ0v) is 11.3. The van der Waals surface area contributed by atoms with E-state index in [9.17, 15) is 8.78 Å². The van der Waals surface area contributed by atoms with Gasteiger partial charge in [0.15, 0.2) is 0 Å². The zero-order valence-electron chi connectivity index (χ0n) is 11.3. The van der Waals surface area contributed by atoms with Crippen molar-refractivity contribution in [1.29, 1.82) is 0 Å². The van der Waals surface area contributed by atoms with Crippen LogP contribution >= 0.6 is 0 Å². The lowest BCUT2D eigenvalue weighted by Gasteiger charge is -2.48. The fourth-order valence-corrected chi connectivity index (χ4v) is 3.12. The molecule has 1 aromatic rings. The highest BCUT2D eigenvalue weighted by atomic mass is 19.3. The van der Waals surface area contributed by atoms with Gasteiger partial charge < -0.3 is 4.90 Å². The number of piperazine rings is 1. The summed E-state index contributed by atoms with van der Waals surface area (Å²) >= 11 is 0. The van der Waals surface area contributed by atoms with Crippen LogP contribution in [0.15, 0.2) is 18.3 Å². The number of nitrogens with zero attached hydrogens (tertiary/aromatic N) is 3. The predicted octanol–water partition coefficient (Wildman–Crippen LogP) is 2.48. The van der Waals surface area contributed by atoms with E-state index in [0.717, 1.165) is 13.1 Å². The molecule has 1 fully saturated rings. The molecule has 3 nitrogen and oxygen atoms in total. The van der Waals surface area contributed by atoms with Crippen LogP contribution in [0.25, 0.3) is 0 Å². The summed E-state index contributed by atoms with van der Waals surface area (Å²) in [6, 6.07) is 3.37. The van der Waals surface area contributed by atoms with E-state index in [4.69, 9.17) is 0 Å². The van der Waals surface area contributed by atoms with Crippen molar-refractivity contribution < 1.29 is 8.78 Å². The van der Waals surface area contributed by atoms with Gasteiger partial charge in [0.1, 0.15) is 5.82 Å². The van der Waals surface area contributed by atoms with E-state index >= 15 is 0 Å². The van der Waals surface area contributed by atoms with Gasteiger partial charge in [0, 0.05) is 44.3 Å². The van der Waals surface area contributed by atoms with Crippen molar-refractivity contribution >= 4 is 5.82 Å². The Balaban J connectivity index is 1.94. The second-order valence-corrected chi connectivity index (χ2v) is 5.72. The van der Waals surface area contributed by atoms with Gasteiger partial charge in [-0.1, -0.05) is 0 Å². The van der Waals surface area contributed by atoms with Gasteiger partial charge in [-0.25, -0.2) is 13.8 Å². The Kier molecular flexibility index (Phi) is 2.96. The van der Waals surface area contributed by atoms with Crippen LogP contribution in [0.2, 0.25) is 0 Å². The van der Waals surface area contributed by atoms with Crippen molar-refractivity contribution in [3.63, 3.8) is 0 Å². The molecule has 2 aliphatic rings. The minimum atomic E-state index is -2.76. The van der Waals surface area contributed by atoms with Crippen LogP contribution in [-0.2, 0) is 5.92 Å². The smallest absolute Gasteiger partial charge is 0.278 e. The number of pyridine rings is 1. The van der Waals surface area contributed by atoms with Crippen LogP contribution < -0.4 is 4.90 Å². The fourth-order valence-electron chi connectivity index (χ4n) is 3.12. The summed E-state index contributed by atoms with van der Waals surface area (Å²) < 4.78 is 28.4. The lowest BCUT2D eigenvalue weighted by Crippen LogP contribution is -2.58. The standard InChI is InChI=1S/C14H19F2N3/c1-10(2)18-6-7-19-11(9-18)8-14(15,16)12-4-3-5-17-13(12)19/h3-5,10-11H,6-9H2,1-2H3. The number of rotatable bonds is 1. The van der Waals surface area contributed by atoms with Crippen LogP contribution in [0.4, 0.5) is 14.6 Å². The van der Waals surface area contributed by atoms with Crippen molar-refractivity contribution in [2.75, 3.05) is 24.5 Å². The highest BCUT2D eigenvalue weighted by Crippen LogP contribution is 2.44. The summed E-state index contributed by atoms with van der Waals surface area (Å²) in [4.78, 5) is 8.53. The summed E-state index contributed by atoms with van der Waals surface area (Å²) in [5, 5.41) is 0. The van der Waals surface area contributed by atoms with Crippen molar-refractivity contribution in [1.82, 2.24) is 9.88 Å². The number of hydrogen-bond donors (Lipinski definition) is 0. The predicted molar refractivity (Wildman–Crippen MR) is 70.6 cm³/mol. The zero-order chi connectivity index (χ0) is 13.6. The van der Waals surface area contributed by atoms with Crippen LogP contribution in [-0.4, -0.2) is 41.6 Å². The third-order valence-corrected chi connectivity index (χ3v) is 4.19. The molecule has 0 amide bonds. The maximum Gasteiger partial charge on any atom is 0.278 e. The first-order valence-electron chi connectivity index (χ1n) is 6.83. The van der Waals surface area contributed by atoms with Gasteiger partial charge >= 0.3 is 0 Å². The first-order valence-corrected chi connectivity index (χ1v) is 6.83. The summed E-state index contributed by atoms with van der Waals surface area (Å²) in [7, 11) is 0. The monoisotopic (exact) mass is 267 g/mol. The molecule has 0 aliphatic carbocycles. The Morgan fingerprint density at radius 2 is 2.16 bits per heavy atom. The van der Waals surface area contributed by atoms with Gasteiger partial charge in [-0.15, -0.1) is 0 Å². The molecule has 0 aromatic carbocycles. The third-order valence-electron chi connectivity index (χ3n) is 4.19. The Hall–Kier alpha value is -1.23. The topological polar surface area (TPSA) is 19.4 Å². The first-order chi connectivity index (χ1) is 8.99. The van der Waals surface area contributed by atoms with E-state index in [1.807, 2.05) is 0 Å². The molecular weight excluding hydrogens is 248 g/mol. The molecule has 3 heterocycles. The molecule has 2 aliphatic heterocycles. The van der Waals surface area contributed by atoms with Gasteiger partial charge in [-0.2, -0.15) is 0 Å². The van der Waals surface area contributed by atoms with Crippen molar-refractivity contribution in [3.8, 4) is 0 Å². The highest BCUT2D eigenvalue weighted by molar-refractivity contribution is 5.53. The second kappa shape index (κ2) is 4.40. The maximum atomic E-state index is 14.2. The van der Waals surface area contributed by atoms with Crippen LogP contribution in [0.1, 0.15) is 25.8 Å². The average molecular weight is 267 g/mol. The molecule has 0 saturated carbocycles. The molecule has 0 radical (unpaired) electrons. The van der Waals surface area contributed by atoms with E-state index < -0.39 is 5.92 Å². The van der Waals surface area contributed by atoms with Gasteiger partial charge in [0.25, 0.3) is 5.92 Å². The third kappa shape index (κ3) is 2.10. The van der Waals surface area contributed by atoms with Gasteiger partial charge in [-0.3, -0.25) is 4.90 Å². The number of halogens is 2. The first kappa shape index (κ1) is 12.8. The maximum absolute atomic E-state index is 14.2. The molecule has 19 heavy (non-hydrogen) atoms. The average Bonchev–Trinajstić information content (AvgIpc) is 2.37. The minimum absolute atomic E-state index is 0.0873. The molecule has 5 heteroatoms. The Morgan fingerprint density at radius 3 is 2.89 bits per heavy atom. The molecule has 1 saturated heterocycles. The fraction of sp³-hybridized carbons (Fsp3) is 0.643. The number of anilines is 1. The molecule has 3 rings (SSSR count). The van der Waals surface area contributed by atoms with Crippen LogP contribution in [0, 0.1) is 0 Å². The lowest BCUT2D eigenvalue weighted by molar-refractivity contribution is -0.0337. The van der Waals surface area contributed by atoms with E-state index in [1.54, 1.807) is 12.3 Å². The quantitative estimate of drug-likeness (QED) is 0.779. The molecule has 1 atom stereocenters. The minimum Gasteiger partial charge on any atom is -0.350 e. The summed E-state index contributed by atoms with van der Waals surface area (Å²) in [5.41, 5.74) is 0.0873. The van der Waals surface area contributed by atoms with Gasteiger partial charge in [-0.05, 0) is 26.0 Å². The van der Waals surface area contributed by atoms with Crippen molar-refractivity contribution in [3.05, 3.63) is 23.9 Å². The SMILES string of the molecule is CC(C)N1CCN2c3ncccc3C(F)(F)CC2C1. The van der Waals surface area contributed by atoms with E-state index in [0.29, 0.717) is 18.4 Å². The van der Waals surface area contributed by atoms with Crippen molar-refractivity contribution in [2.45, 2.75) is 38.3 Å². The molecule has 0 bridgehead atoms. The molecule has 1 unspecified atom stereocenters. The summed E-state index contributed by atoms with van der Waals surface area (Å²) in [6.07, 6.45) is 1.50. The number of alkyl halides is 2. The van der Waals surface area contributed by atoms with Crippen molar-refractivity contribution in [2.24, 2.45) is 0 Å². The number of aromatic nitrogens is 1. The number of hydrogen-bond acceptors (Lipinski definition) is 3. The largest absolute Gasteiger partial charge is 0.350 e. The summed E-state index contributed by atoms with van der Waals surface area (Å²) in [5.74, 6) is -2.28. The second-order valence-electron chi connectivity index (χ2n) is 5.72. The Labute approximate surface area is 112 Å². The molecule has 0 spiro atoms. The van der Waals surface area contributed by atoms with E-state index in [1.165, 1.54) is 6.07 Å². The molecule has 0 N–H and O–H groups in total. The molecule has 104 valence electrons. The van der Waals surface area contributed by atoms with Gasteiger partial charge in [0.2, 0.25) is 0 Å². The van der Waals surface area contributed by atoms with Gasteiger partial charge in [0.05, 0.1) is 5.56 Å². The molecular formula is C14H19F2N3. The lowest BCUT2D eigenvalue weighted by atomic mass is 9.92. The van der Waals surface area contributed by atoms with Crippen LogP contribution in [0.3, 0.4) is 0 Å². The summed E-state index contributed by atoms with van der Waals surface area (Å²) in [6.45, 7) is 6.62. The van der Waals surface area contributed by atoms with E-state index in [-0.39, 0.29) is 18.0 Å². The highest BCUT2D eigenvalue weighted by Gasteiger charge is 2.47. The Morgan fingerprint density at radius 1 is 1.37 bits per heavy atom. The normalized spacial score (nSPS) is 26.2. The van der Waals surface area contributed by atoms with E-state index in [2.05, 4.69) is 28.6 Å². The van der Waals surface area contributed by atoms with Crippen LogP contribution in [0.5, 0.6) is 0 Å².